The first-order chi connectivity index (χ1) is 8.34. The zero-order valence-electron chi connectivity index (χ0n) is 10.3. The number of carbonyl (C=O) groups excluding carboxylic acids is 1. The molecule has 0 saturated carbocycles. The lowest BCUT2D eigenvalue weighted by molar-refractivity contribution is -0.142. The van der Waals surface area contributed by atoms with Gasteiger partial charge in [-0.2, -0.15) is 0 Å². The predicted molar refractivity (Wildman–Crippen MR) is 72.9 cm³/mol. The van der Waals surface area contributed by atoms with Crippen LogP contribution in [0.3, 0.4) is 0 Å². The Morgan fingerprint density at radius 3 is 2.44 bits per heavy atom. The first-order valence-electron chi connectivity index (χ1n) is 5.22. The molecule has 18 heavy (non-hydrogen) atoms. The summed E-state index contributed by atoms with van der Waals surface area (Å²) in [5.74, 6) is -0.0231. The fraction of sp³-hybridized carbons (Fsp3) is 0.364. The molecule has 0 saturated heterocycles. The summed E-state index contributed by atoms with van der Waals surface area (Å²) in [5.41, 5.74) is 0. The highest BCUT2D eigenvalue weighted by Gasteiger charge is 2.24. The highest BCUT2D eigenvalue weighted by molar-refractivity contribution is 9.10. The Balaban J connectivity index is 2.67. The van der Waals surface area contributed by atoms with E-state index in [4.69, 9.17) is 4.52 Å². The van der Waals surface area contributed by atoms with E-state index in [0.717, 1.165) is 4.47 Å². The van der Waals surface area contributed by atoms with Gasteiger partial charge in [0, 0.05) is 11.1 Å². The molecule has 5 nitrogen and oxygen atoms in total. The maximum atomic E-state index is 12.1. The fourth-order valence-electron chi connectivity index (χ4n) is 1.30. The molecule has 0 aromatic heterocycles. The van der Waals surface area contributed by atoms with Crippen LogP contribution in [0.5, 0.6) is 5.75 Å². The number of hydrogen-bond donors (Lipinski definition) is 1. The molecule has 0 heterocycles. The van der Waals surface area contributed by atoms with Crippen molar-refractivity contribution in [1.82, 2.24) is 5.09 Å². The highest BCUT2D eigenvalue weighted by atomic mass is 79.9. The number of carbonyl (C=O) groups is 1. The third kappa shape index (κ3) is 4.80. The molecule has 0 aliphatic carbocycles. The van der Waals surface area contributed by atoms with Gasteiger partial charge >= 0.3 is 13.5 Å². The quantitative estimate of drug-likeness (QED) is 0.662. The third-order valence-electron chi connectivity index (χ3n) is 2.08. The summed E-state index contributed by atoms with van der Waals surface area (Å²) < 4.78 is 22.9. The van der Waals surface area contributed by atoms with E-state index in [2.05, 4.69) is 25.8 Å². The molecule has 1 rings (SSSR count). The van der Waals surface area contributed by atoms with Crippen molar-refractivity contribution in [2.45, 2.75) is 13.0 Å². The predicted octanol–water partition coefficient (Wildman–Crippen LogP) is 2.80. The second-order valence-electron chi connectivity index (χ2n) is 3.77. The fourth-order valence-corrected chi connectivity index (χ4v) is 2.95. The van der Waals surface area contributed by atoms with E-state index < -0.39 is 19.5 Å². The van der Waals surface area contributed by atoms with Crippen molar-refractivity contribution in [3.8, 4) is 5.75 Å². The van der Waals surface area contributed by atoms with E-state index in [-0.39, 0.29) is 0 Å². The van der Waals surface area contributed by atoms with Gasteiger partial charge in [0.25, 0.3) is 0 Å². The van der Waals surface area contributed by atoms with Gasteiger partial charge < -0.3 is 9.26 Å². The number of nitrogens with one attached hydrogen (secondary N) is 1. The molecule has 0 bridgehead atoms. The lowest BCUT2D eigenvalue weighted by Crippen LogP contribution is -2.33. The molecular weight excluding hydrogens is 321 g/mol. The lowest BCUT2D eigenvalue weighted by atomic mass is 10.3. The number of benzene rings is 1. The molecule has 1 aromatic rings. The van der Waals surface area contributed by atoms with Gasteiger partial charge in [-0.25, -0.2) is 5.09 Å². The molecule has 0 aliphatic rings. The number of methoxy groups -OCH3 is 1. The minimum absolute atomic E-state index is 0.466. The monoisotopic (exact) mass is 335 g/mol. The summed E-state index contributed by atoms with van der Waals surface area (Å²) in [6.45, 7) is 2.97. The van der Waals surface area contributed by atoms with E-state index in [0.29, 0.717) is 5.75 Å². The van der Waals surface area contributed by atoms with Crippen molar-refractivity contribution in [3.05, 3.63) is 28.7 Å². The Morgan fingerprint density at radius 1 is 1.39 bits per heavy atom. The Hall–Kier alpha value is -0.840. The van der Waals surface area contributed by atoms with E-state index in [1.54, 1.807) is 31.2 Å². The van der Waals surface area contributed by atoms with E-state index >= 15 is 0 Å². The van der Waals surface area contributed by atoms with Crippen LogP contribution in [0.4, 0.5) is 0 Å². The van der Waals surface area contributed by atoms with Crippen LogP contribution in [-0.4, -0.2) is 25.8 Å². The van der Waals surface area contributed by atoms with Crippen molar-refractivity contribution < 1.29 is 18.6 Å². The van der Waals surface area contributed by atoms with E-state index in [1.165, 1.54) is 13.8 Å². The van der Waals surface area contributed by atoms with Gasteiger partial charge in [0.1, 0.15) is 11.8 Å². The molecule has 0 amide bonds. The molecule has 0 fully saturated rings. The van der Waals surface area contributed by atoms with Gasteiger partial charge in [0.05, 0.1) is 7.11 Å². The maximum Gasteiger partial charge on any atom is 0.323 e. The van der Waals surface area contributed by atoms with Crippen LogP contribution in [0.15, 0.2) is 28.7 Å². The molecule has 2 atom stereocenters. The van der Waals surface area contributed by atoms with Crippen LogP contribution in [0.25, 0.3) is 0 Å². The molecule has 0 radical (unpaired) electrons. The highest BCUT2D eigenvalue weighted by Crippen LogP contribution is 2.39. The molecule has 0 spiro atoms. The number of rotatable bonds is 5. The molecule has 1 aromatic carbocycles. The summed E-state index contributed by atoms with van der Waals surface area (Å²) >= 11 is 3.29. The average molecular weight is 336 g/mol. The molecule has 7 heteroatoms. The van der Waals surface area contributed by atoms with Crippen molar-refractivity contribution in [1.29, 1.82) is 0 Å². The van der Waals surface area contributed by atoms with Gasteiger partial charge in [-0.3, -0.25) is 9.36 Å². The van der Waals surface area contributed by atoms with Crippen LogP contribution >= 0.6 is 23.4 Å². The van der Waals surface area contributed by atoms with Crippen LogP contribution in [0, 0.1) is 0 Å². The van der Waals surface area contributed by atoms with Crippen LogP contribution in [0.2, 0.25) is 0 Å². The van der Waals surface area contributed by atoms with E-state index in [9.17, 15) is 9.36 Å². The largest absolute Gasteiger partial charge is 0.468 e. The number of ether oxygens (including phenoxy) is 1. The topological polar surface area (TPSA) is 64.6 Å². The molecular formula is C11H15BrNO4P. The van der Waals surface area contributed by atoms with Crippen LogP contribution in [0.1, 0.15) is 6.92 Å². The molecule has 100 valence electrons. The summed E-state index contributed by atoms with van der Waals surface area (Å²) in [6, 6.07) is 6.23. The number of hydrogen-bond acceptors (Lipinski definition) is 4. The Bertz CT molecular complexity index is 463. The van der Waals surface area contributed by atoms with Gasteiger partial charge in [0.15, 0.2) is 0 Å². The maximum absolute atomic E-state index is 12.1. The van der Waals surface area contributed by atoms with E-state index in [1.807, 2.05) is 0 Å². The van der Waals surface area contributed by atoms with Gasteiger partial charge in [-0.15, -0.1) is 0 Å². The van der Waals surface area contributed by atoms with Crippen molar-refractivity contribution in [3.63, 3.8) is 0 Å². The van der Waals surface area contributed by atoms with Crippen LogP contribution in [-0.2, 0) is 14.1 Å². The molecule has 1 unspecified atom stereocenters. The zero-order chi connectivity index (χ0) is 13.8. The minimum Gasteiger partial charge on any atom is -0.468 e. The lowest BCUT2D eigenvalue weighted by Gasteiger charge is -2.19. The van der Waals surface area contributed by atoms with Gasteiger partial charge in [-0.05, 0) is 31.2 Å². The second-order valence-corrected chi connectivity index (χ2v) is 6.81. The summed E-state index contributed by atoms with van der Waals surface area (Å²) in [5, 5.41) is 2.62. The number of esters is 1. The average Bonchev–Trinajstić information content (AvgIpc) is 2.30. The zero-order valence-corrected chi connectivity index (χ0v) is 12.8. The van der Waals surface area contributed by atoms with Crippen molar-refractivity contribution in [2.75, 3.05) is 13.8 Å². The van der Waals surface area contributed by atoms with Crippen LogP contribution < -0.4 is 9.61 Å². The second kappa shape index (κ2) is 6.36. The van der Waals surface area contributed by atoms with Gasteiger partial charge in [-0.1, -0.05) is 15.9 Å². The Labute approximate surface area is 114 Å². The SMILES string of the molecule is COC(=O)[C@@H](C)NP(C)(=O)Oc1ccc(Br)cc1. The Morgan fingerprint density at radius 2 is 1.94 bits per heavy atom. The Kier molecular flexibility index (Phi) is 5.38. The molecule has 0 aliphatic heterocycles. The smallest absolute Gasteiger partial charge is 0.323 e. The first-order valence-corrected chi connectivity index (χ1v) is 8.09. The summed E-state index contributed by atoms with van der Waals surface area (Å²) in [4.78, 5) is 11.2. The molecule has 1 N–H and O–H groups in total. The van der Waals surface area contributed by atoms with Gasteiger partial charge in [0.2, 0.25) is 0 Å². The number of halogens is 1. The van der Waals surface area contributed by atoms with Crippen molar-refractivity contribution in [2.24, 2.45) is 0 Å². The third-order valence-corrected chi connectivity index (χ3v) is 4.02. The minimum atomic E-state index is -3.12. The standard InChI is InChI=1S/C11H15BrNO4P/c1-8(11(14)16-2)13-18(3,15)17-10-6-4-9(12)5-7-10/h4-8H,1-3H3,(H,13,15)/t8-,18?/m1/s1. The first kappa shape index (κ1) is 15.2. The summed E-state index contributed by atoms with van der Waals surface area (Å²) in [6.07, 6.45) is 0. The summed E-state index contributed by atoms with van der Waals surface area (Å²) in [7, 11) is -1.84. The normalized spacial score (nSPS) is 15.6. The van der Waals surface area contributed by atoms with Crippen molar-refractivity contribution >= 4 is 29.4 Å².